The molecule has 0 saturated carbocycles. The number of aromatic nitrogens is 1. The van der Waals surface area contributed by atoms with Gasteiger partial charge in [0.05, 0.1) is 12.2 Å². The predicted octanol–water partition coefficient (Wildman–Crippen LogP) is 3.41. The SMILES string of the molecule is Cc1cnc2c(c1)N(Cc1cc(F)ccc1F)C(=O)C(C)(C)N2. The van der Waals surface area contributed by atoms with E-state index in [9.17, 15) is 13.6 Å². The molecule has 6 heteroatoms. The quantitative estimate of drug-likeness (QED) is 0.923. The van der Waals surface area contributed by atoms with Crippen LogP contribution >= 0.6 is 0 Å². The lowest BCUT2D eigenvalue weighted by atomic mass is 9.98. The monoisotopic (exact) mass is 317 g/mol. The third kappa shape index (κ3) is 2.76. The second-order valence-electron chi connectivity index (χ2n) is 6.26. The molecule has 23 heavy (non-hydrogen) atoms. The number of anilines is 2. The Kier molecular flexibility index (Phi) is 3.55. The summed E-state index contributed by atoms with van der Waals surface area (Å²) in [4.78, 5) is 18.5. The van der Waals surface area contributed by atoms with E-state index >= 15 is 0 Å². The van der Waals surface area contributed by atoms with Crippen molar-refractivity contribution in [2.75, 3.05) is 10.2 Å². The lowest BCUT2D eigenvalue weighted by Gasteiger charge is -2.39. The Morgan fingerprint density at radius 2 is 2.00 bits per heavy atom. The largest absolute Gasteiger partial charge is 0.355 e. The molecule has 0 bridgehead atoms. The summed E-state index contributed by atoms with van der Waals surface area (Å²) in [5, 5.41) is 3.08. The maximum atomic E-state index is 14.0. The molecule has 0 saturated heterocycles. The van der Waals surface area contributed by atoms with Gasteiger partial charge in [0.15, 0.2) is 5.82 Å². The first-order valence-electron chi connectivity index (χ1n) is 7.28. The summed E-state index contributed by atoms with van der Waals surface area (Å²) >= 11 is 0. The van der Waals surface area contributed by atoms with E-state index in [1.54, 1.807) is 26.1 Å². The highest BCUT2D eigenvalue weighted by Crippen LogP contribution is 2.35. The molecule has 0 fully saturated rings. The molecule has 1 aliphatic heterocycles. The third-order valence-corrected chi connectivity index (χ3v) is 3.84. The number of rotatable bonds is 2. The summed E-state index contributed by atoms with van der Waals surface area (Å²) in [6.07, 6.45) is 1.69. The Bertz CT molecular complexity index is 789. The van der Waals surface area contributed by atoms with Crippen molar-refractivity contribution in [2.24, 2.45) is 0 Å². The van der Waals surface area contributed by atoms with Gasteiger partial charge >= 0.3 is 0 Å². The van der Waals surface area contributed by atoms with Gasteiger partial charge in [0.2, 0.25) is 0 Å². The van der Waals surface area contributed by atoms with Crippen LogP contribution in [0.3, 0.4) is 0 Å². The Labute approximate surface area is 133 Å². The van der Waals surface area contributed by atoms with Crippen molar-refractivity contribution < 1.29 is 13.6 Å². The Morgan fingerprint density at radius 3 is 2.74 bits per heavy atom. The molecule has 0 spiro atoms. The van der Waals surface area contributed by atoms with Crippen LogP contribution in [0.25, 0.3) is 0 Å². The minimum Gasteiger partial charge on any atom is -0.355 e. The van der Waals surface area contributed by atoms with Crippen LogP contribution in [-0.4, -0.2) is 16.4 Å². The van der Waals surface area contributed by atoms with E-state index < -0.39 is 17.2 Å². The molecule has 2 aromatic rings. The maximum absolute atomic E-state index is 14.0. The molecular weight excluding hydrogens is 300 g/mol. The Morgan fingerprint density at radius 1 is 1.26 bits per heavy atom. The van der Waals surface area contributed by atoms with Gasteiger partial charge in [-0.3, -0.25) is 4.79 Å². The first-order chi connectivity index (χ1) is 10.8. The number of nitrogens with zero attached hydrogens (tertiary/aromatic N) is 2. The summed E-state index contributed by atoms with van der Waals surface area (Å²) < 4.78 is 27.4. The molecular formula is C17H17F2N3O. The topological polar surface area (TPSA) is 45.2 Å². The number of carbonyl (C=O) groups is 1. The van der Waals surface area contributed by atoms with Gasteiger partial charge < -0.3 is 10.2 Å². The van der Waals surface area contributed by atoms with Crippen LogP contribution in [0.4, 0.5) is 20.3 Å². The fraction of sp³-hybridized carbons (Fsp3) is 0.294. The number of pyridine rings is 1. The summed E-state index contributed by atoms with van der Waals surface area (Å²) in [6, 6.07) is 5.04. The summed E-state index contributed by atoms with van der Waals surface area (Å²) in [5.41, 5.74) is 0.697. The van der Waals surface area contributed by atoms with Gasteiger partial charge in [-0.05, 0) is 50.6 Å². The molecule has 2 heterocycles. The van der Waals surface area contributed by atoms with Gasteiger partial charge in [0.1, 0.15) is 17.2 Å². The third-order valence-electron chi connectivity index (χ3n) is 3.84. The van der Waals surface area contributed by atoms with Gasteiger partial charge in [0.25, 0.3) is 5.91 Å². The van der Waals surface area contributed by atoms with Crippen LogP contribution in [0.15, 0.2) is 30.5 Å². The second-order valence-corrected chi connectivity index (χ2v) is 6.26. The second kappa shape index (κ2) is 5.30. The number of nitrogens with one attached hydrogen (secondary N) is 1. The number of hydrogen-bond acceptors (Lipinski definition) is 3. The number of carbonyl (C=O) groups excluding carboxylic acids is 1. The van der Waals surface area contributed by atoms with Gasteiger partial charge in [-0.2, -0.15) is 0 Å². The van der Waals surface area contributed by atoms with Crippen molar-refractivity contribution in [1.82, 2.24) is 4.98 Å². The standard InChI is InChI=1S/C17H17F2N3O/c1-10-6-14-15(20-8-10)21-17(2,3)16(23)22(14)9-11-7-12(18)4-5-13(11)19/h4-8H,9H2,1-3H3,(H,20,21). The van der Waals surface area contributed by atoms with Crippen LogP contribution in [-0.2, 0) is 11.3 Å². The van der Waals surface area contributed by atoms with E-state index in [0.717, 1.165) is 23.8 Å². The fourth-order valence-electron chi connectivity index (χ4n) is 2.64. The molecule has 0 unspecified atom stereocenters. The van der Waals surface area contributed by atoms with E-state index in [2.05, 4.69) is 10.3 Å². The number of aryl methyl sites for hydroxylation is 1. The molecule has 120 valence electrons. The molecule has 3 rings (SSSR count). The molecule has 1 aliphatic rings. The Balaban J connectivity index is 2.08. The summed E-state index contributed by atoms with van der Waals surface area (Å²) in [5.74, 6) is -0.749. The number of halogens is 2. The van der Waals surface area contributed by atoms with Crippen LogP contribution in [0, 0.1) is 18.6 Å². The minimum absolute atomic E-state index is 0.0499. The van der Waals surface area contributed by atoms with Gasteiger partial charge in [0, 0.05) is 11.8 Å². The maximum Gasteiger partial charge on any atom is 0.252 e. The van der Waals surface area contributed by atoms with Crippen LogP contribution in [0.1, 0.15) is 25.0 Å². The van der Waals surface area contributed by atoms with Crippen molar-refractivity contribution in [1.29, 1.82) is 0 Å². The summed E-state index contributed by atoms with van der Waals surface area (Å²) in [7, 11) is 0. The zero-order chi connectivity index (χ0) is 16.8. The van der Waals surface area contributed by atoms with Gasteiger partial charge in [-0.25, -0.2) is 13.8 Å². The van der Waals surface area contributed by atoms with Crippen molar-refractivity contribution in [3.8, 4) is 0 Å². The van der Waals surface area contributed by atoms with Crippen LogP contribution in [0.5, 0.6) is 0 Å². The molecule has 0 atom stereocenters. The van der Waals surface area contributed by atoms with Gasteiger partial charge in [-0.1, -0.05) is 0 Å². The lowest BCUT2D eigenvalue weighted by molar-refractivity contribution is -0.122. The minimum atomic E-state index is -0.876. The van der Waals surface area contributed by atoms with Gasteiger partial charge in [-0.15, -0.1) is 0 Å². The van der Waals surface area contributed by atoms with E-state index in [4.69, 9.17) is 0 Å². The van der Waals surface area contributed by atoms with Crippen molar-refractivity contribution >= 4 is 17.4 Å². The number of benzene rings is 1. The highest BCUT2D eigenvalue weighted by Gasteiger charge is 2.39. The fourth-order valence-corrected chi connectivity index (χ4v) is 2.64. The number of hydrogen-bond donors (Lipinski definition) is 1. The van der Waals surface area contributed by atoms with E-state index in [1.165, 1.54) is 4.90 Å². The van der Waals surface area contributed by atoms with Crippen molar-refractivity contribution in [2.45, 2.75) is 32.9 Å². The normalized spacial score (nSPS) is 16.0. The smallest absolute Gasteiger partial charge is 0.252 e. The first kappa shape index (κ1) is 15.4. The van der Waals surface area contributed by atoms with Crippen molar-refractivity contribution in [3.63, 3.8) is 0 Å². The lowest BCUT2D eigenvalue weighted by Crippen LogP contribution is -2.53. The van der Waals surface area contributed by atoms with Crippen LogP contribution in [0.2, 0.25) is 0 Å². The van der Waals surface area contributed by atoms with E-state index in [-0.39, 0.29) is 18.0 Å². The predicted molar refractivity (Wildman–Crippen MR) is 84.2 cm³/mol. The number of amides is 1. The molecule has 4 nitrogen and oxygen atoms in total. The molecule has 0 aliphatic carbocycles. The number of fused-ring (bicyclic) bond motifs is 1. The van der Waals surface area contributed by atoms with E-state index in [0.29, 0.717) is 11.5 Å². The van der Waals surface area contributed by atoms with Crippen molar-refractivity contribution in [3.05, 3.63) is 53.2 Å². The average molecular weight is 317 g/mol. The first-order valence-corrected chi connectivity index (χ1v) is 7.28. The average Bonchev–Trinajstić information content (AvgIpc) is 2.48. The zero-order valence-electron chi connectivity index (χ0n) is 13.2. The highest BCUT2D eigenvalue weighted by atomic mass is 19.1. The Hall–Kier alpha value is -2.50. The molecule has 1 N–H and O–H groups in total. The zero-order valence-corrected chi connectivity index (χ0v) is 13.2. The molecule has 0 radical (unpaired) electrons. The molecule has 1 aromatic carbocycles. The highest BCUT2D eigenvalue weighted by molar-refractivity contribution is 6.06. The molecule has 1 amide bonds. The molecule has 1 aromatic heterocycles. The summed E-state index contributed by atoms with van der Waals surface area (Å²) in [6.45, 7) is 5.27. The van der Waals surface area contributed by atoms with E-state index in [1.807, 2.05) is 6.92 Å². The van der Waals surface area contributed by atoms with Crippen LogP contribution < -0.4 is 10.2 Å².